The third-order valence-electron chi connectivity index (χ3n) is 9.06. The molecule has 0 radical (unpaired) electrons. The molecule has 5 rings (SSSR count). The summed E-state index contributed by atoms with van der Waals surface area (Å²) in [4.78, 5) is 29.0. The number of carbonyl (C=O) groups is 1. The molecule has 1 aromatic carbocycles. The van der Waals surface area contributed by atoms with Gasteiger partial charge in [-0.3, -0.25) is 9.69 Å². The number of piperazine rings is 1. The number of carbonyl (C=O) groups excluding carboxylic acids is 1. The Labute approximate surface area is 255 Å². The normalized spacial score (nSPS) is 22.8. The van der Waals surface area contributed by atoms with E-state index in [-0.39, 0.29) is 28.6 Å². The number of hydrogen-bond acceptors (Lipinski definition) is 11. The van der Waals surface area contributed by atoms with Crippen molar-refractivity contribution in [3.05, 3.63) is 29.6 Å². The van der Waals surface area contributed by atoms with Gasteiger partial charge in [0.05, 0.1) is 22.4 Å². The quantitative estimate of drug-likeness (QED) is 0.328. The smallest absolute Gasteiger partial charge is 0.271 e. The van der Waals surface area contributed by atoms with Crippen molar-refractivity contribution in [2.24, 2.45) is 5.73 Å². The molecular weight excluding hydrogens is 568 g/mol. The Hall–Kier alpha value is -3.00. The minimum Gasteiger partial charge on any atom is -0.393 e. The zero-order valence-electron chi connectivity index (χ0n) is 25.6. The van der Waals surface area contributed by atoms with Gasteiger partial charge in [0.2, 0.25) is 0 Å². The third kappa shape index (κ3) is 7.57. The van der Waals surface area contributed by atoms with Crippen LogP contribution in [0.25, 0.3) is 0 Å². The summed E-state index contributed by atoms with van der Waals surface area (Å²) in [6, 6.07) is 5.90. The Bertz CT molecular complexity index is 1400. The first kappa shape index (κ1) is 31.4. The maximum absolute atomic E-state index is 13.0. The van der Waals surface area contributed by atoms with Crippen LogP contribution in [0.4, 0.5) is 23.0 Å². The first-order valence-corrected chi connectivity index (χ1v) is 17.3. The predicted molar refractivity (Wildman–Crippen MR) is 169 cm³/mol. The van der Waals surface area contributed by atoms with Gasteiger partial charge < -0.3 is 31.3 Å². The van der Waals surface area contributed by atoms with E-state index in [1.807, 2.05) is 19.1 Å². The number of primary amides is 1. The molecule has 2 aromatic rings. The summed E-state index contributed by atoms with van der Waals surface area (Å²) >= 11 is 0. The van der Waals surface area contributed by atoms with Gasteiger partial charge in [0.25, 0.3) is 5.91 Å². The van der Waals surface area contributed by atoms with Gasteiger partial charge in [-0.25, -0.2) is 18.4 Å². The Morgan fingerprint density at radius 1 is 1.00 bits per heavy atom. The van der Waals surface area contributed by atoms with Crippen molar-refractivity contribution in [3.8, 4) is 0 Å². The van der Waals surface area contributed by atoms with E-state index < -0.39 is 15.7 Å². The lowest BCUT2D eigenvalue weighted by Gasteiger charge is -2.42. The van der Waals surface area contributed by atoms with Crippen LogP contribution in [0.5, 0.6) is 0 Å². The van der Waals surface area contributed by atoms with Gasteiger partial charge in [-0.1, -0.05) is 6.92 Å². The fourth-order valence-electron chi connectivity index (χ4n) is 6.45. The second-order valence-electron chi connectivity index (χ2n) is 12.2. The maximum atomic E-state index is 13.0. The minimum absolute atomic E-state index is 0.00238. The second-order valence-corrected chi connectivity index (χ2v) is 14.2. The van der Waals surface area contributed by atoms with Crippen LogP contribution < -0.4 is 21.3 Å². The standard InChI is InChI=1S/C30H46N8O4S/c1-4-24-29(32-20-5-8-23(39)9-6-20)35-30(27(34-24)28(31)40)33-21-7-10-25(26(19-21)43(3,41)42)38-13-11-22(12-14-38)37-17-15-36(2)16-18-37/h7,10,19-20,22-23,39H,4-6,8-9,11-18H2,1-3H3,(H2,31,40)(H2,32,33,35). The molecule has 1 aromatic heterocycles. The molecule has 1 saturated carbocycles. The fourth-order valence-corrected chi connectivity index (χ4v) is 7.37. The van der Waals surface area contributed by atoms with Gasteiger partial charge >= 0.3 is 0 Å². The van der Waals surface area contributed by atoms with Crippen LogP contribution in [-0.2, 0) is 16.3 Å². The molecule has 2 saturated heterocycles. The van der Waals surface area contributed by atoms with Crippen LogP contribution >= 0.6 is 0 Å². The summed E-state index contributed by atoms with van der Waals surface area (Å²) in [5.41, 5.74) is 7.48. The molecule has 43 heavy (non-hydrogen) atoms. The number of rotatable bonds is 9. The highest BCUT2D eigenvalue weighted by Gasteiger charge is 2.29. The summed E-state index contributed by atoms with van der Waals surface area (Å²) in [6.45, 7) is 7.82. The van der Waals surface area contributed by atoms with Crippen molar-refractivity contribution in [3.63, 3.8) is 0 Å². The van der Waals surface area contributed by atoms with E-state index in [0.717, 1.165) is 65.0 Å². The summed E-state index contributed by atoms with van der Waals surface area (Å²) in [5.74, 6) is 0.00280. The molecule has 12 nitrogen and oxygen atoms in total. The number of aliphatic hydroxyl groups excluding tert-OH is 1. The van der Waals surface area contributed by atoms with E-state index in [0.29, 0.717) is 48.2 Å². The molecule has 2 aliphatic heterocycles. The van der Waals surface area contributed by atoms with Crippen LogP contribution in [0.2, 0.25) is 0 Å². The topological polar surface area (TPSA) is 157 Å². The molecule has 1 aliphatic carbocycles. The highest BCUT2D eigenvalue weighted by Crippen LogP contribution is 2.33. The van der Waals surface area contributed by atoms with Gasteiger partial charge in [0, 0.05) is 63.3 Å². The molecule has 0 bridgehead atoms. The van der Waals surface area contributed by atoms with Gasteiger partial charge in [-0.2, -0.15) is 0 Å². The molecule has 0 spiro atoms. The zero-order chi connectivity index (χ0) is 30.7. The number of likely N-dealkylation sites (N-methyl/N-ethyl adjacent to an activating group) is 1. The van der Waals surface area contributed by atoms with E-state index in [9.17, 15) is 18.3 Å². The lowest BCUT2D eigenvalue weighted by atomic mass is 9.93. The molecule has 3 heterocycles. The lowest BCUT2D eigenvalue weighted by Crippen LogP contribution is -2.52. The van der Waals surface area contributed by atoms with E-state index >= 15 is 0 Å². The van der Waals surface area contributed by atoms with Crippen LogP contribution in [0.15, 0.2) is 23.1 Å². The van der Waals surface area contributed by atoms with Gasteiger partial charge in [0.15, 0.2) is 21.3 Å². The SMILES string of the molecule is CCc1nc(C(N)=O)c(Nc2ccc(N3CCC(N4CCN(C)CC4)CC3)c(S(C)(=O)=O)c2)nc1NC1CCC(O)CC1. The second kappa shape index (κ2) is 13.3. The maximum Gasteiger partial charge on any atom is 0.271 e. The number of benzene rings is 1. The molecule has 13 heteroatoms. The highest BCUT2D eigenvalue weighted by atomic mass is 32.2. The number of nitrogens with zero attached hydrogens (tertiary/aromatic N) is 5. The van der Waals surface area contributed by atoms with Crippen LogP contribution in [-0.4, -0.2) is 110 Å². The Morgan fingerprint density at radius 2 is 1.67 bits per heavy atom. The van der Waals surface area contributed by atoms with Crippen molar-refractivity contribution >= 4 is 38.8 Å². The van der Waals surface area contributed by atoms with Crippen molar-refractivity contribution in [1.29, 1.82) is 0 Å². The first-order chi connectivity index (χ1) is 20.5. The van der Waals surface area contributed by atoms with Crippen LogP contribution in [0.3, 0.4) is 0 Å². The number of aliphatic hydroxyl groups is 1. The number of piperidine rings is 1. The average molecular weight is 615 g/mol. The zero-order valence-corrected chi connectivity index (χ0v) is 26.4. The number of amides is 1. The average Bonchev–Trinajstić information content (AvgIpc) is 2.98. The molecule has 1 amide bonds. The van der Waals surface area contributed by atoms with Gasteiger partial charge in [-0.15, -0.1) is 0 Å². The Balaban J connectivity index is 1.37. The Morgan fingerprint density at radius 3 is 2.28 bits per heavy atom. The lowest BCUT2D eigenvalue weighted by molar-refractivity contribution is 0.0981. The summed E-state index contributed by atoms with van der Waals surface area (Å²) in [7, 11) is -1.41. The molecule has 0 atom stereocenters. The van der Waals surface area contributed by atoms with Gasteiger partial charge in [-0.05, 0) is 70.2 Å². The number of hydrogen-bond donors (Lipinski definition) is 4. The predicted octanol–water partition coefficient (Wildman–Crippen LogP) is 2.22. The van der Waals surface area contributed by atoms with Gasteiger partial charge in [0.1, 0.15) is 5.82 Å². The van der Waals surface area contributed by atoms with E-state index in [2.05, 4.69) is 37.4 Å². The van der Waals surface area contributed by atoms with Crippen molar-refractivity contribution < 1.29 is 18.3 Å². The number of anilines is 4. The number of aromatic nitrogens is 2. The van der Waals surface area contributed by atoms with Crippen molar-refractivity contribution in [1.82, 2.24) is 19.8 Å². The summed E-state index contributed by atoms with van der Waals surface area (Å²) in [5, 5.41) is 16.5. The fraction of sp³-hybridized carbons (Fsp3) is 0.633. The molecule has 3 fully saturated rings. The number of sulfone groups is 1. The van der Waals surface area contributed by atoms with Crippen LogP contribution in [0.1, 0.15) is 61.6 Å². The third-order valence-corrected chi connectivity index (χ3v) is 10.2. The van der Waals surface area contributed by atoms with Crippen LogP contribution in [0, 0.1) is 0 Å². The molecular formula is C30H46N8O4S. The monoisotopic (exact) mass is 614 g/mol. The number of nitrogens with two attached hydrogens (primary N) is 1. The largest absolute Gasteiger partial charge is 0.393 e. The number of nitrogens with one attached hydrogen (secondary N) is 2. The number of aryl methyl sites for hydroxylation is 1. The van der Waals surface area contributed by atoms with E-state index in [4.69, 9.17) is 10.7 Å². The van der Waals surface area contributed by atoms with Crippen molar-refractivity contribution in [2.75, 3.05) is 68.1 Å². The molecule has 5 N–H and O–H groups in total. The molecule has 0 unspecified atom stereocenters. The van der Waals surface area contributed by atoms with Crippen molar-refractivity contribution in [2.45, 2.75) is 75.0 Å². The summed E-state index contributed by atoms with van der Waals surface area (Å²) < 4.78 is 26.0. The Kier molecular flexibility index (Phi) is 9.74. The minimum atomic E-state index is -3.56. The molecule has 236 valence electrons. The van der Waals surface area contributed by atoms with E-state index in [1.165, 1.54) is 6.26 Å². The van der Waals surface area contributed by atoms with E-state index in [1.54, 1.807) is 6.07 Å². The first-order valence-electron chi connectivity index (χ1n) is 15.5. The summed E-state index contributed by atoms with van der Waals surface area (Å²) in [6.07, 6.45) is 6.50. The highest BCUT2D eigenvalue weighted by molar-refractivity contribution is 7.90. The molecule has 3 aliphatic rings.